The quantitative estimate of drug-likeness (QED) is 0.390. The van der Waals surface area contributed by atoms with Crippen molar-refractivity contribution in [2.45, 2.75) is 69.3 Å². The SMILES string of the molecule is CC(C)C[C@H](NC(=O)c1cc2ncccc2o1)C(=O)N[C@H]1CC[C@@H](C)N(S(=O)(=O)c2ccccn2)C[C@@H]1O. The molecule has 1 fully saturated rings. The summed E-state index contributed by atoms with van der Waals surface area (Å²) in [6.45, 7) is 5.43. The first-order valence-corrected chi connectivity index (χ1v) is 14.1. The molecule has 1 saturated heterocycles. The molecule has 1 aliphatic heterocycles. The Hall–Kier alpha value is -3.35. The van der Waals surface area contributed by atoms with E-state index in [0.717, 1.165) is 0 Å². The molecule has 3 N–H and O–H groups in total. The third-order valence-electron chi connectivity index (χ3n) is 6.60. The van der Waals surface area contributed by atoms with E-state index in [1.54, 1.807) is 37.4 Å². The normalized spacial score (nSPS) is 21.7. The molecule has 4 atom stereocenters. The minimum absolute atomic E-state index is 0.0407. The fourth-order valence-electron chi connectivity index (χ4n) is 4.57. The monoisotopic (exact) mass is 543 g/mol. The van der Waals surface area contributed by atoms with Crippen LogP contribution in [0, 0.1) is 5.92 Å². The Balaban J connectivity index is 1.46. The number of fused-ring (bicyclic) bond motifs is 1. The van der Waals surface area contributed by atoms with Crippen molar-refractivity contribution in [1.82, 2.24) is 24.9 Å². The highest BCUT2D eigenvalue weighted by molar-refractivity contribution is 7.89. The average molecular weight is 544 g/mol. The zero-order chi connectivity index (χ0) is 27.4. The smallest absolute Gasteiger partial charge is 0.287 e. The van der Waals surface area contributed by atoms with Crippen LogP contribution in [0.5, 0.6) is 0 Å². The van der Waals surface area contributed by atoms with E-state index in [2.05, 4.69) is 20.6 Å². The fraction of sp³-hybridized carbons (Fsp3) is 0.462. The molecule has 11 nitrogen and oxygen atoms in total. The largest absolute Gasteiger partial charge is 0.449 e. The van der Waals surface area contributed by atoms with Crippen LogP contribution in [-0.4, -0.2) is 70.4 Å². The van der Waals surface area contributed by atoms with Gasteiger partial charge in [-0.2, -0.15) is 4.31 Å². The summed E-state index contributed by atoms with van der Waals surface area (Å²) in [6, 6.07) is 7.55. The van der Waals surface area contributed by atoms with Crippen LogP contribution < -0.4 is 10.6 Å². The van der Waals surface area contributed by atoms with Gasteiger partial charge >= 0.3 is 0 Å². The lowest BCUT2D eigenvalue weighted by molar-refractivity contribution is -0.125. The summed E-state index contributed by atoms with van der Waals surface area (Å²) >= 11 is 0. The number of carbonyl (C=O) groups excluding carboxylic acids is 2. The maximum Gasteiger partial charge on any atom is 0.287 e. The van der Waals surface area contributed by atoms with Crippen molar-refractivity contribution in [3.05, 3.63) is 54.6 Å². The molecule has 204 valence electrons. The second-order valence-electron chi connectivity index (χ2n) is 10.0. The predicted molar refractivity (Wildman–Crippen MR) is 139 cm³/mol. The standard InChI is InChI=1S/C26H33N5O6S/c1-16(2)13-20(30-26(34)23-14-19-22(37-23)7-6-12-27-19)25(33)29-18-10-9-17(3)31(15-21(18)32)38(35,36)24-8-4-5-11-28-24/h4-8,11-12,14,16-18,20-21,32H,9-10,13,15H2,1-3H3,(H,29,33)(H,30,34)/t17-,18+,20+,21+/m1/s1. The molecular formula is C26H33N5O6S. The van der Waals surface area contributed by atoms with Gasteiger partial charge in [-0.25, -0.2) is 13.4 Å². The molecule has 3 aromatic heterocycles. The number of furan rings is 1. The maximum atomic E-state index is 13.3. The number of nitrogens with one attached hydrogen (secondary N) is 2. The van der Waals surface area contributed by atoms with E-state index in [1.165, 1.54) is 22.6 Å². The van der Waals surface area contributed by atoms with Crippen LogP contribution in [0.1, 0.15) is 50.6 Å². The minimum atomic E-state index is -3.93. The number of aliphatic hydroxyl groups excluding tert-OH is 1. The Morgan fingerprint density at radius 1 is 1.16 bits per heavy atom. The second kappa shape index (κ2) is 11.6. The van der Waals surface area contributed by atoms with E-state index in [0.29, 0.717) is 30.4 Å². The number of β-amino-alcohol motifs (C(OH)–C–C–N with tert-alkyl or cyclic N) is 1. The van der Waals surface area contributed by atoms with Gasteiger partial charge in [-0.15, -0.1) is 0 Å². The van der Waals surface area contributed by atoms with Gasteiger partial charge in [0.1, 0.15) is 11.6 Å². The number of amides is 2. The number of sulfonamides is 1. The van der Waals surface area contributed by atoms with Crippen LogP contribution in [0.3, 0.4) is 0 Å². The maximum absolute atomic E-state index is 13.3. The molecule has 0 aliphatic carbocycles. The summed E-state index contributed by atoms with van der Waals surface area (Å²) in [6.07, 6.45) is 2.98. The van der Waals surface area contributed by atoms with Crippen molar-refractivity contribution < 1.29 is 27.5 Å². The molecular weight excluding hydrogens is 510 g/mol. The summed E-state index contributed by atoms with van der Waals surface area (Å²) in [4.78, 5) is 34.3. The Morgan fingerprint density at radius 2 is 1.92 bits per heavy atom. The summed E-state index contributed by atoms with van der Waals surface area (Å²) in [5.41, 5.74) is 0.992. The Kier molecular flexibility index (Phi) is 8.44. The summed E-state index contributed by atoms with van der Waals surface area (Å²) in [7, 11) is -3.93. The van der Waals surface area contributed by atoms with Gasteiger partial charge in [0.2, 0.25) is 5.91 Å². The first-order valence-electron chi connectivity index (χ1n) is 12.6. The highest BCUT2D eigenvalue weighted by atomic mass is 32.2. The predicted octanol–water partition coefficient (Wildman–Crippen LogP) is 2.09. The van der Waals surface area contributed by atoms with E-state index >= 15 is 0 Å². The Labute approximate surface area is 221 Å². The minimum Gasteiger partial charge on any atom is -0.449 e. The summed E-state index contributed by atoms with van der Waals surface area (Å²) < 4.78 is 33.2. The van der Waals surface area contributed by atoms with Crippen molar-refractivity contribution in [3.8, 4) is 0 Å². The summed E-state index contributed by atoms with van der Waals surface area (Å²) in [5, 5.41) is 16.4. The second-order valence-corrected chi connectivity index (χ2v) is 11.8. The molecule has 0 aromatic carbocycles. The number of hydrogen-bond acceptors (Lipinski definition) is 8. The van der Waals surface area contributed by atoms with Gasteiger partial charge in [0.15, 0.2) is 16.4 Å². The van der Waals surface area contributed by atoms with Gasteiger partial charge < -0.3 is 20.2 Å². The molecule has 0 radical (unpaired) electrons. The van der Waals surface area contributed by atoms with Gasteiger partial charge in [-0.3, -0.25) is 14.6 Å². The van der Waals surface area contributed by atoms with Gasteiger partial charge in [-0.1, -0.05) is 19.9 Å². The van der Waals surface area contributed by atoms with Crippen molar-refractivity contribution in [2.75, 3.05) is 6.54 Å². The molecule has 1 aliphatic rings. The molecule has 2 amide bonds. The van der Waals surface area contributed by atoms with Gasteiger partial charge in [0.05, 0.1) is 12.1 Å². The zero-order valence-corrected chi connectivity index (χ0v) is 22.4. The zero-order valence-electron chi connectivity index (χ0n) is 21.6. The molecule has 0 spiro atoms. The average Bonchev–Trinajstić information content (AvgIpc) is 3.27. The van der Waals surface area contributed by atoms with E-state index in [-0.39, 0.29) is 23.2 Å². The molecule has 0 saturated carbocycles. The number of aliphatic hydroxyl groups is 1. The van der Waals surface area contributed by atoms with Crippen LogP contribution in [0.25, 0.3) is 11.1 Å². The molecule has 12 heteroatoms. The van der Waals surface area contributed by atoms with Crippen molar-refractivity contribution >= 4 is 32.9 Å². The molecule has 3 aromatic rings. The highest BCUT2D eigenvalue weighted by Crippen LogP contribution is 2.24. The molecule has 4 rings (SSSR count). The van der Waals surface area contributed by atoms with E-state index in [9.17, 15) is 23.1 Å². The number of hydrogen-bond donors (Lipinski definition) is 3. The van der Waals surface area contributed by atoms with E-state index in [1.807, 2.05) is 13.8 Å². The van der Waals surface area contributed by atoms with Crippen molar-refractivity contribution in [1.29, 1.82) is 0 Å². The Morgan fingerprint density at radius 3 is 2.61 bits per heavy atom. The van der Waals surface area contributed by atoms with Gasteiger partial charge in [-0.05, 0) is 56.4 Å². The lowest BCUT2D eigenvalue weighted by atomic mass is 10.0. The highest BCUT2D eigenvalue weighted by Gasteiger charge is 2.38. The van der Waals surface area contributed by atoms with Crippen molar-refractivity contribution in [2.24, 2.45) is 5.92 Å². The van der Waals surface area contributed by atoms with E-state index in [4.69, 9.17) is 4.42 Å². The van der Waals surface area contributed by atoms with Crippen LogP contribution >= 0.6 is 0 Å². The van der Waals surface area contributed by atoms with Gasteiger partial charge in [0.25, 0.3) is 15.9 Å². The lowest BCUT2D eigenvalue weighted by Gasteiger charge is -2.28. The molecule has 0 bridgehead atoms. The van der Waals surface area contributed by atoms with Crippen LogP contribution in [0.15, 0.2) is 58.2 Å². The fourth-order valence-corrected chi connectivity index (χ4v) is 6.18. The Bertz CT molecular complexity index is 1340. The topological polar surface area (TPSA) is 155 Å². The number of carbonyl (C=O) groups is 2. The number of aromatic nitrogens is 2. The number of pyridine rings is 2. The van der Waals surface area contributed by atoms with E-state index < -0.39 is 46.1 Å². The van der Waals surface area contributed by atoms with Crippen LogP contribution in [0.4, 0.5) is 0 Å². The van der Waals surface area contributed by atoms with Crippen molar-refractivity contribution in [3.63, 3.8) is 0 Å². The molecule has 38 heavy (non-hydrogen) atoms. The molecule has 4 heterocycles. The molecule has 0 unspecified atom stereocenters. The van der Waals surface area contributed by atoms with Crippen LogP contribution in [0.2, 0.25) is 0 Å². The van der Waals surface area contributed by atoms with Gasteiger partial charge in [0, 0.05) is 31.0 Å². The lowest BCUT2D eigenvalue weighted by Crippen LogP contribution is -2.54. The summed E-state index contributed by atoms with van der Waals surface area (Å²) in [5.74, 6) is -0.883. The number of nitrogens with zero attached hydrogens (tertiary/aromatic N) is 3. The first-order chi connectivity index (χ1) is 18.1. The van der Waals surface area contributed by atoms with Crippen LogP contribution in [-0.2, 0) is 14.8 Å². The first kappa shape index (κ1) is 27.7. The number of rotatable bonds is 8. The third-order valence-corrected chi connectivity index (χ3v) is 8.49. The third kappa shape index (κ3) is 6.20.